The zero-order valence-electron chi connectivity index (χ0n) is 36.5. The van der Waals surface area contributed by atoms with Crippen molar-refractivity contribution in [1.29, 1.82) is 0 Å². The maximum atomic E-state index is 12.5. The topological polar surface area (TPSA) is 3.24 Å². The lowest BCUT2D eigenvalue weighted by molar-refractivity contribution is 0.618. The number of para-hydroxylation sites is 1. The summed E-state index contributed by atoms with van der Waals surface area (Å²) in [6, 6.07) is 60.1. The highest BCUT2D eigenvalue weighted by molar-refractivity contribution is 6.10. The molecule has 1 aliphatic carbocycles. The number of aryl methyl sites for hydroxylation is 6. The summed E-state index contributed by atoms with van der Waals surface area (Å²) < 4.78 is 12.5. The minimum Gasteiger partial charge on any atom is -0.310 e. The standard InChI is InChI=1S/C40H35N.C8H9F.C7H8.C2H6/c1-26-19-21-35-36(23-26)40(4,5)37-25-38(33-17-11-12-18-34(33)39(35)37)41(29-14-7-6-8-15-29)30-20-22-32(28(3)24-30)31-16-10-9-13-27(31)2;1-6-3-4-8(9)7(2)5-6;1-7-5-3-2-4-6-7;1-2/h6-25H,1-5H3;3-5H,1-2H3;2-6H,1H3;1-2H3. The lowest BCUT2D eigenvalue weighted by Gasteiger charge is -2.30. The van der Waals surface area contributed by atoms with Gasteiger partial charge in [-0.25, -0.2) is 4.39 Å². The van der Waals surface area contributed by atoms with Crippen LogP contribution >= 0.6 is 0 Å². The average Bonchev–Trinajstić information content (AvgIpc) is 3.47. The number of anilines is 3. The highest BCUT2D eigenvalue weighted by Gasteiger charge is 2.38. The lowest BCUT2D eigenvalue weighted by Crippen LogP contribution is -2.17. The first-order valence-corrected chi connectivity index (χ1v) is 20.9. The molecule has 0 saturated carbocycles. The van der Waals surface area contributed by atoms with Crippen molar-refractivity contribution in [3.05, 3.63) is 220 Å². The predicted molar refractivity (Wildman–Crippen MR) is 254 cm³/mol. The van der Waals surface area contributed by atoms with E-state index in [0.29, 0.717) is 0 Å². The van der Waals surface area contributed by atoms with Gasteiger partial charge in [0.1, 0.15) is 5.82 Å². The van der Waals surface area contributed by atoms with Gasteiger partial charge in [0.25, 0.3) is 0 Å². The Morgan fingerprint density at radius 2 is 0.966 bits per heavy atom. The van der Waals surface area contributed by atoms with Crippen LogP contribution in [0.1, 0.15) is 72.2 Å². The van der Waals surface area contributed by atoms with Crippen LogP contribution in [0.5, 0.6) is 0 Å². The molecule has 2 heteroatoms. The normalized spacial score (nSPS) is 11.8. The molecule has 1 aliphatic rings. The van der Waals surface area contributed by atoms with Crippen LogP contribution in [0.15, 0.2) is 170 Å². The predicted octanol–water partition coefficient (Wildman–Crippen LogP) is 16.7. The smallest absolute Gasteiger partial charge is 0.126 e. The van der Waals surface area contributed by atoms with Gasteiger partial charge in [0, 0.05) is 22.2 Å². The van der Waals surface area contributed by atoms with E-state index in [-0.39, 0.29) is 11.2 Å². The summed E-state index contributed by atoms with van der Waals surface area (Å²) in [6.07, 6.45) is 0. The Bertz CT molecular complexity index is 2670. The Kier molecular flexibility index (Phi) is 13.3. The second kappa shape index (κ2) is 18.6. The number of hydrogen-bond donors (Lipinski definition) is 0. The molecule has 0 aliphatic heterocycles. The van der Waals surface area contributed by atoms with E-state index in [2.05, 4.69) is 180 Å². The quantitative estimate of drug-likeness (QED) is 0.172. The summed E-state index contributed by atoms with van der Waals surface area (Å²) in [4.78, 5) is 2.45. The van der Waals surface area contributed by atoms with Crippen LogP contribution in [0.2, 0.25) is 0 Å². The molecule has 0 aromatic heterocycles. The largest absolute Gasteiger partial charge is 0.310 e. The van der Waals surface area contributed by atoms with Crippen molar-refractivity contribution in [2.75, 3.05) is 4.90 Å². The Morgan fingerprint density at radius 3 is 1.58 bits per heavy atom. The number of fused-ring (bicyclic) bond motifs is 5. The summed E-state index contributed by atoms with van der Waals surface area (Å²) in [5, 5.41) is 2.57. The van der Waals surface area contributed by atoms with Gasteiger partial charge < -0.3 is 4.90 Å². The molecule has 0 heterocycles. The highest BCUT2D eigenvalue weighted by Crippen LogP contribution is 2.54. The number of rotatable bonds is 4. The fraction of sp³-hybridized carbons (Fsp3) is 0.193. The molecule has 0 saturated heterocycles. The first kappa shape index (κ1) is 42.4. The molecule has 0 bridgehead atoms. The summed E-state index contributed by atoms with van der Waals surface area (Å²) in [7, 11) is 0. The summed E-state index contributed by atoms with van der Waals surface area (Å²) >= 11 is 0. The molecule has 8 aromatic rings. The minimum atomic E-state index is -0.124. The van der Waals surface area contributed by atoms with E-state index in [1.54, 1.807) is 13.0 Å². The SMILES string of the molecule is CC.Cc1ccc(F)c(C)c1.Cc1ccc2c(c1)C(C)(C)c1cc(N(c3ccccc3)c3ccc(-c4ccccc4C)c(C)c3)c3ccccc3c1-2.Cc1ccccc1. The Morgan fingerprint density at radius 1 is 0.407 bits per heavy atom. The third-order valence-corrected chi connectivity index (χ3v) is 11.2. The molecule has 0 spiro atoms. The van der Waals surface area contributed by atoms with Gasteiger partial charge in [-0.3, -0.25) is 0 Å². The molecule has 0 atom stereocenters. The average molecular weight is 776 g/mol. The molecular formula is C57H58FN. The first-order chi connectivity index (χ1) is 28.4. The van der Waals surface area contributed by atoms with Crippen molar-refractivity contribution in [2.45, 2.75) is 74.7 Å². The molecule has 0 radical (unpaired) electrons. The second-order valence-electron chi connectivity index (χ2n) is 15.9. The minimum absolute atomic E-state index is 0.0948. The van der Waals surface area contributed by atoms with Gasteiger partial charge >= 0.3 is 0 Å². The summed E-state index contributed by atoms with van der Waals surface area (Å²) in [5.74, 6) is -0.124. The maximum Gasteiger partial charge on any atom is 0.126 e. The fourth-order valence-corrected chi connectivity index (χ4v) is 8.16. The van der Waals surface area contributed by atoms with E-state index in [9.17, 15) is 4.39 Å². The van der Waals surface area contributed by atoms with Crippen LogP contribution in [-0.4, -0.2) is 0 Å². The van der Waals surface area contributed by atoms with E-state index in [1.807, 2.05) is 45.0 Å². The van der Waals surface area contributed by atoms with Crippen LogP contribution in [0.4, 0.5) is 21.5 Å². The fourth-order valence-electron chi connectivity index (χ4n) is 8.16. The third kappa shape index (κ3) is 9.08. The molecule has 298 valence electrons. The number of halogens is 1. The van der Waals surface area contributed by atoms with Gasteiger partial charge in [0.05, 0.1) is 5.69 Å². The summed E-state index contributed by atoms with van der Waals surface area (Å²) in [6.45, 7) is 21.2. The molecule has 59 heavy (non-hydrogen) atoms. The van der Waals surface area contributed by atoms with Crippen molar-refractivity contribution >= 4 is 27.8 Å². The van der Waals surface area contributed by atoms with Crippen molar-refractivity contribution in [1.82, 2.24) is 0 Å². The van der Waals surface area contributed by atoms with Crippen molar-refractivity contribution in [3.63, 3.8) is 0 Å². The van der Waals surface area contributed by atoms with Crippen LogP contribution in [0, 0.1) is 47.4 Å². The zero-order valence-corrected chi connectivity index (χ0v) is 36.5. The first-order valence-electron chi connectivity index (χ1n) is 20.9. The van der Waals surface area contributed by atoms with Gasteiger partial charge in [-0.2, -0.15) is 0 Å². The lowest BCUT2D eigenvalue weighted by atomic mass is 9.81. The van der Waals surface area contributed by atoms with Gasteiger partial charge in [0.2, 0.25) is 0 Å². The van der Waals surface area contributed by atoms with Crippen LogP contribution < -0.4 is 4.90 Å². The van der Waals surface area contributed by atoms with Crippen LogP contribution in [-0.2, 0) is 5.41 Å². The van der Waals surface area contributed by atoms with E-state index in [1.165, 1.54) is 83.8 Å². The van der Waals surface area contributed by atoms with Crippen molar-refractivity contribution in [3.8, 4) is 22.3 Å². The molecule has 0 N–H and O–H groups in total. The number of nitrogens with zero attached hydrogens (tertiary/aromatic N) is 1. The number of benzene rings is 8. The van der Waals surface area contributed by atoms with Crippen molar-refractivity contribution < 1.29 is 4.39 Å². The van der Waals surface area contributed by atoms with E-state index >= 15 is 0 Å². The maximum absolute atomic E-state index is 12.5. The Balaban J connectivity index is 0.000000269. The number of hydrogen-bond acceptors (Lipinski definition) is 1. The molecule has 0 fully saturated rings. The van der Waals surface area contributed by atoms with Crippen LogP contribution in [0.25, 0.3) is 33.0 Å². The van der Waals surface area contributed by atoms with E-state index in [0.717, 1.165) is 16.8 Å². The van der Waals surface area contributed by atoms with Gasteiger partial charge in [0.15, 0.2) is 0 Å². The highest BCUT2D eigenvalue weighted by atomic mass is 19.1. The third-order valence-electron chi connectivity index (χ3n) is 11.2. The zero-order chi connectivity index (χ0) is 42.3. The Hall–Kier alpha value is -6.25. The van der Waals surface area contributed by atoms with Gasteiger partial charge in [-0.05, 0) is 133 Å². The van der Waals surface area contributed by atoms with Crippen molar-refractivity contribution in [2.24, 2.45) is 0 Å². The molecule has 9 rings (SSSR count). The molecular weight excluding hydrogens is 718 g/mol. The molecule has 1 nitrogen and oxygen atoms in total. The van der Waals surface area contributed by atoms with Crippen LogP contribution in [0.3, 0.4) is 0 Å². The molecule has 8 aromatic carbocycles. The van der Waals surface area contributed by atoms with E-state index < -0.39 is 0 Å². The molecule has 0 unspecified atom stereocenters. The monoisotopic (exact) mass is 775 g/mol. The second-order valence-corrected chi connectivity index (χ2v) is 15.9. The molecule has 0 amide bonds. The van der Waals surface area contributed by atoms with E-state index in [4.69, 9.17) is 0 Å². The Labute approximate surface area is 352 Å². The van der Waals surface area contributed by atoms with Gasteiger partial charge in [-0.15, -0.1) is 0 Å². The van der Waals surface area contributed by atoms with Gasteiger partial charge in [-0.1, -0.05) is 178 Å². The summed E-state index contributed by atoms with van der Waals surface area (Å²) in [5.41, 5.74) is 18.6.